The Labute approximate surface area is 166 Å². The van der Waals surface area contributed by atoms with E-state index in [4.69, 9.17) is 12.2 Å². The Balaban J connectivity index is 0.00000161. The van der Waals surface area contributed by atoms with Gasteiger partial charge in [0.05, 0.1) is 17.7 Å². The summed E-state index contributed by atoms with van der Waals surface area (Å²) in [6, 6.07) is 1.56. The van der Waals surface area contributed by atoms with E-state index in [1.54, 1.807) is 0 Å². The number of carbonyl (C=O) groups is 1. The summed E-state index contributed by atoms with van der Waals surface area (Å²) in [5.41, 5.74) is 0.710. The summed E-state index contributed by atoms with van der Waals surface area (Å²) in [4.78, 5) is 13.7. The van der Waals surface area contributed by atoms with Crippen molar-refractivity contribution in [2.75, 3.05) is 0 Å². The molecule has 0 radical (unpaired) electrons. The SMILES string of the molecule is O=C([O-])c1c[nH]c(=S)n1C1CCc2c(F)cc(F)cc21.[K+]. The minimum atomic E-state index is -1.39. The molecule has 8 heteroatoms. The Morgan fingerprint density at radius 3 is 2.81 bits per heavy atom. The first-order valence-electron chi connectivity index (χ1n) is 5.98. The fraction of sp³-hybridized carbons (Fsp3) is 0.231. The number of fused-ring (bicyclic) bond motifs is 1. The third-order valence-electron chi connectivity index (χ3n) is 3.55. The molecule has 1 unspecified atom stereocenters. The van der Waals surface area contributed by atoms with E-state index >= 15 is 0 Å². The van der Waals surface area contributed by atoms with Crippen LogP contribution < -0.4 is 56.5 Å². The number of aromatic amines is 1. The molecular weight excluding hydrogens is 325 g/mol. The molecule has 2 aromatic rings. The summed E-state index contributed by atoms with van der Waals surface area (Å²) in [7, 11) is 0. The first-order valence-corrected chi connectivity index (χ1v) is 6.39. The van der Waals surface area contributed by atoms with Gasteiger partial charge in [0.2, 0.25) is 0 Å². The number of aromatic nitrogens is 2. The van der Waals surface area contributed by atoms with E-state index in [1.807, 2.05) is 0 Å². The predicted octanol–water partition coefficient (Wildman–Crippen LogP) is -1.27. The van der Waals surface area contributed by atoms with Gasteiger partial charge in [-0.2, -0.15) is 0 Å². The topological polar surface area (TPSA) is 60.8 Å². The van der Waals surface area contributed by atoms with Crippen molar-refractivity contribution in [2.45, 2.75) is 18.9 Å². The molecule has 0 saturated carbocycles. The van der Waals surface area contributed by atoms with Crippen molar-refractivity contribution in [1.29, 1.82) is 0 Å². The molecule has 0 bridgehead atoms. The van der Waals surface area contributed by atoms with Crippen LogP contribution in [-0.2, 0) is 6.42 Å². The molecule has 0 saturated heterocycles. The summed E-state index contributed by atoms with van der Waals surface area (Å²) in [5.74, 6) is -2.69. The van der Waals surface area contributed by atoms with Crippen molar-refractivity contribution in [2.24, 2.45) is 0 Å². The quantitative estimate of drug-likeness (QED) is 0.550. The van der Waals surface area contributed by atoms with Gasteiger partial charge in [-0.25, -0.2) is 8.78 Å². The monoisotopic (exact) mass is 334 g/mol. The molecule has 21 heavy (non-hydrogen) atoms. The molecule has 1 heterocycles. The molecule has 1 atom stereocenters. The van der Waals surface area contributed by atoms with Gasteiger partial charge in [-0.1, -0.05) is 0 Å². The smallest absolute Gasteiger partial charge is 0.543 e. The fourth-order valence-corrected chi connectivity index (χ4v) is 3.02. The molecule has 0 amide bonds. The fourth-order valence-electron chi connectivity index (χ4n) is 2.73. The van der Waals surface area contributed by atoms with Gasteiger partial charge >= 0.3 is 51.4 Å². The number of halogens is 2. The second-order valence-corrected chi connectivity index (χ2v) is 5.03. The van der Waals surface area contributed by atoms with Crippen molar-refractivity contribution in [3.8, 4) is 0 Å². The average Bonchev–Trinajstić information content (AvgIpc) is 2.92. The molecule has 4 nitrogen and oxygen atoms in total. The molecule has 1 aromatic carbocycles. The number of hydrogen-bond acceptors (Lipinski definition) is 3. The number of hydrogen-bond donors (Lipinski definition) is 1. The first kappa shape index (κ1) is 17.0. The molecule has 1 aliphatic carbocycles. The number of carbonyl (C=O) groups excluding carboxylic acids is 1. The molecule has 0 fully saturated rings. The zero-order valence-corrected chi connectivity index (χ0v) is 15.1. The van der Waals surface area contributed by atoms with Gasteiger partial charge in [0.15, 0.2) is 4.77 Å². The van der Waals surface area contributed by atoms with Crippen LogP contribution in [0.5, 0.6) is 0 Å². The molecule has 104 valence electrons. The summed E-state index contributed by atoms with van der Waals surface area (Å²) in [5, 5.41) is 11.1. The van der Waals surface area contributed by atoms with Gasteiger partial charge < -0.3 is 19.5 Å². The Morgan fingerprint density at radius 2 is 2.14 bits per heavy atom. The number of rotatable bonds is 2. The molecule has 1 N–H and O–H groups in total. The van der Waals surface area contributed by atoms with Crippen LogP contribution >= 0.6 is 12.2 Å². The van der Waals surface area contributed by atoms with Crippen molar-refractivity contribution in [1.82, 2.24) is 9.55 Å². The first-order chi connectivity index (χ1) is 9.49. The van der Waals surface area contributed by atoms with Gasteiger partial charge in [-0.15, -0.1) is 0 Å². The Morgan fingerprint density at radius 1 is 1.43 bits per heavy atom. The maximum Gasteiger partial charge on any atom is 1.00 e. The van der Waals surface area contributed by atoms with E-state index < -0.39 is 23.6 Å². The van der Waals surface area contributed by atoms with Gasteiger partial charge in [0.25, 0.3) is 0 Å². The molecule has 3 rings (SSSR count). The number of H-pyrrole nitrogens is 1. The summed E-state index contributed by atoms with van der Waals surface area (Å²) < 4.78 is 28.6. The Bertz CT molecular complexity index is 772. The van der Waals surface area contributed by atoms with Gasteiger partial charge in [-0.05, 0) is 42.3 Å². The normalized spacial score (nSPS) is 16.4. The Kier molecular flexibility index (Phi) is 5.17. The zero-order valence-electron chi connectivity index (χ0n) is 11.2. The second-order valence-electron chi connectivity index (χ2n) is 4.65. The molecular formula is C13H9F2KN2O2S. The van der Waals surface area contributed by atoms with Gasteiger partial charge in [0, 0.05) is 12.3 Å². The largest absolute Gasteiger partial charge is 1.00 e. The minimum absolute atomic E-state index is 0. The molecule has 0 aliphatic heterocycles. The van der Waals surface area contributed by atoms with E-state index in [1.165, 1.54) is 16.8 Å². The molecule has 0 spiro atoms. The maximum absolute atomic E-state index is 13.7. The predicted molar refractivity (Wildman–Crippen MR) is 66.8 cm³/mol. The second kappa shape index (κ2) is 6.39. The number of aromatic carboxylic acids is 1. The van der Waals surface area contributed by atoms with E-state index in [2.05, 4.69) is 4.98 Å². The van der Waals surface area contributed by atoms with Crippen LogP contribution in [0, 0.1) is 16.4 Å². The molecule has 1 aliphatic rings. The number of imidazole rings is 1. The van der Waals surface area contributed by atoms with Crippen LogP contribution in [0.2, 0.25) is 0 Å². The standard InChI is InChI=1S/C13H10F2N2O2S.K/c14-6-3-8-7(9(15)4-6)1-2-10(8)17-11(12(18)19)5-16-13(17)20;/h3-5,10H,1-2H2,(H,16,20)(H,18,19);/q;+1/p-1. The number of carboxylic acid groups (broad SMARTS) is 1. The third-order valence-corrected chi connectivity index (χ3v) is 3.87. The summed E-state index contributed by atoms with van der Waals surface area (Å²) in [6.07, 6.45) is 2.10. The van der Waals surface area contributed by atoms with E-state index in [9.17, 15) is 18.7 Å². The number of carboxylic acids is 1. The Hall–Kier alpha value is -0.384. The van der Waals surface area contributed by atoms with Crippen LogP contribution in [0.4, 0.5) is 8.78 Å². The number of nitrogens with zero attached hydrogens (tertiary/aromatic N) is 1. The van der Waals surface area contributed by atoms with E-state index in [0.29, 0.717) is 24.0 Å². The van der Waals surface area contributed by atoms with E-state index in [0.717, 1.165) is 6.07 Å². The number of nitrogens with one attached hydrogen (secondary N) is 1. The zero-order chi connectivity index (χ0) is 14.4. The van der Waals surface area contributed by atoms with Crippen molar-refractivity contribution < 1.29 is 70.1 Å². The van der Waals surface area contributed by atoms with Crippen LogP contribution in [0.1, 0.15) is 34.1 Å². The summed E-state index contributed by atoms with van der Waals surface area (Å²) >= 11 is 5.05. The van der Waals surface area contributed by atoms with Crippen LogP contribution in [0.25, 0.3) is 0 Å². The van der Waals surface area contributed by atoms with Crippen molar-refractivity contribution in [3.63, 3.8) is 0 Å². The molecule has 1 aromatic heterocycles. The minimum Gasteiger partial charge on any atom is -0.543 e. The third kappa shape index (κ3) is 2.93. The van der Waals surface area contributed by atoms with Gasteiger partial charge in [-0.3, -0.25) is 0 Å². The summed E-state index contributed by atoms with van der Waals surface area (Å²) in [6.45, 7) is 0. The average molecular weight is 334 g/mol. The van der Waals surface area contributed by atoms with E-state index in [-0.39, 0.29) is 61.8 Å². The number of benzene rings is 1. The van der Waals surface area contributed by atoms with Crippen LogP contribution in [-0.4, -0.2) is 15.5 Å². The maximum atomic E-state index is 13.7. The van der Waals surface area contributed by atoms with Crippen LogP contribution in [0.15, 0.2) is 18.3 Å². The van der Waals surface area contributed by atoms with Gasteiger partial charge in [0.1, 0.15) is 11.6 Å². The van der Waals surface area contributed by atoms with Crippen molar-refractivity contribution in [3.05, 3.63) is 51.6 Å². The van der Waals surface area contributed by atoms with Crippen molar-refractivity contribution >= 4 is 18.2 Å². The van der Waals surface area contributed by atoms with Crippen LogP contribution in [0.3, 0.4) is 0 Å².